The number of aromatic nitrogens is 1. The van der Waals surface area contributed by atoms with Gasteiger partial charge in [0.1, 0.15) is 0 Å². The molecule has 0 aliphatic rings. The third-order valence-corrected chi connectivity index (χ3v) is 3.09. The van der Waals surface area contributed by atoms with E-state index in [1.807, 2.05) is 13.8 Å². The second-order valence-electron chi connectivity index (χ2n) is 4.58. The lowest BCUT2D eigenvalue weighted by Crippen LogP contribution is -2.28. The first-order chi connectivity index (χ1) is 6.87. The molecular weight excluding hydrogens is 190 g/mol. The number of hydrogen-bond donors (Lipinski definition) is 1. The van der Waals surface area contributed by atoms with Gasteiger partial charge in [0, 0.05) is 11.6 Å². The fourth-order valence-corrected chi connectivity index (χ4v) is 1.36. The molecule has 0 bridgehead atoms. The molecule has 0 radical (unpaired) electrons. The Bertz CT molecular complexity index is 370. The molecule has 0 fully saturated rings. The summed E-state index contributed by atoms with van der Waals surface area (Å²) in [6, 6.07) is 3.26. The molecule has 15 heavy (non-hydrogen) atoms. The summed E-state index contributed by atoms with van der Waals surface area (Å²) < 4.78 is 0. The highest BCUT2D eigenvalue weighted by molar-refractivity contribution is 5.89. The van der Waals surface area contributed by atoms with Crippen LogP contribution in [0, 0.1) is 5.92 Å². The van der Waals surface area contributed by atoms with Crippen molar-refractivity contribution in [3.05, 3.63) is 29.6 Å². The minimum absolute atomic E-state index is 0.227. The van der Waals surface area contributed by atoms with E-state index in [0.717, 1.165) is 0 Å². The third-order valence-electron chi connectivity index (χ3n) is 3.09. The van der Waals surface area contributed by atoms with Gasteiger partial charge in [-0.1, -0.05) is 27.7 Å². The highest BCUT2D eigenvalue weighted by Crippen LogP contribution is 2.31. The molecule has 1 aromatic rings. The van der Waals surface area contributed by atoms with Crippen molar-refractivity contribution in [2.24, 2.45) is 5.92 Å². The molecule has 1 aromatic heterocycles. The number of aromatic carboxylic acids is 1. The summed E-state index contributed by atoms with van der Waals surface area (Å²) in [5.74, 6) is -0.572. The van der Waals surface area contributed by atoms with Crippen molar-refractivity contribution < 1.29 is 9.90 Å². The quantitative estimate of drug-likeness (QED) is 0.829. The Balaban J connectivity index is 3.31. The predicted octanol–water partition coefficient (Wildman–Crippen LogP) is 2.71. The zero-order valence-corrected chi connectivity index (χ0v) is 9.61. The highest BCUT2D eigenvalue weighted by atomic mass is 16.4. The Hall–Kier alpha value is -1.38. The lowest BCUT2D eigenvalue weighted by atomic mass is 9.76. The monoisotopic (exact) mass is 207 g/mol. The fourth-order valence-electron chi connectivity index (χ4n) is 1.36. The summed E-state index contributed by atoms with van der Waals surface area (Å²) in [7, 11) is 0. The van der Waals surface area contributed by atoms with E-state index >= 15 is 0 Å². The van der Waals surface area contributed by atoms with Crippen molar-refractivity contribution in [3.8, 4) is 0 Å². The van der Waals surface area contributed by atoms with Crippen molar-refractivity contribution in [2.75, 3.05) is 0 Å². The van der Waals surface area contributed by atoms with Crippen LogP contribution < -0.4 is 0 Å². The first-order valence-corrected chi connectivity index (χ1v) is 5.06. The van der Waals surface area contributed by atoms with Gasteiger partial charge in [-0.25, -0.2) is 4.79 Å². The molecule has 0 spiro atoms. The number of hydrogen-bond acceptors (Lipinski definition) is 2. The van der Waals surface area contributed by atoms with Crippen LogP contribution in [0.5, 0.6) is 0 Å². The minimum Gasteiger partial charge on any atom is -0.478 e. The van der Waals surface area contributed by atoms with E-state index in [9.17, 15) is 4.79 Å². The maximum atomic E-state index is 11.1. The number of rotatable bonds is 3. The molecular formula is C12H17NO2. The van der Waals surface area contributed by atoms with Crippen LogP contribution in [0.3, 0.4) is 0 Å². The first kappa shape index (κ1) is 11.7. The van der Waals surface area contributed by atoms with Gasteiger partial charge in [-0.2, -0.15) is 0 Å². The fraction of sp³-hybridized carbons (Fsp3) is 0.500. The molecule has 0 aliphatic heterocycles. The molecule has 3 nitrogen and oxygen atoms in total. The van der Waals surface area contributed by atoms with Crippen molar-refractivity contribution in [1.29, 1.82) is 0 Å². The zero-order chi connectivity index (χ0) is 11.6. The third kappa shape index (κ3) is 2.17. The number of carbonyl (C=O) groups is 1. The molecule has 82 valence electrons. The Morgan fingerprint density at radius 2 is 2.07 bits per heavy atom. The van der Waals surface area contributed by atoms with Crippen molar-refractivity contribution in [2.45, 2.75) is 33.1 Å². The van der Waals surface area contributed by atoms with E-state index in [1.54, 1.807) is 18.3 Å². The van der Waals surface area contributed by atoms with E-state index in [4.69, 9.17) is 5.11 Å². The molecule has 3 heteroatoms. The van der Waals surface area contributed by atoms with Gasteiger partial charge in [0.15, 0.2) is 0 Å². The van der Waals surface area contributed by atoms with Crippen LogP contribution in [-0.2, 0) is 5.41 Å². The zero-order valence-electron chi connectivity index (χ0n) is 9.61. The Morgan fingerprint density at radius 3 is 2.53 bits per heavy atom. The second kappa shape index (κ2) is 4.01. The van der Waals surface area contributed by atoms with Gasteiger partial charge in [-0.3, -0.25) is 4.98 Å². The summed E-state index contributed by atoms with van der Waals surface area (Å²) in [5.41, 5.74) is 0.735. The van der Waals surface area contributed by atoms with E-state index < -0.39 is 5.97 Å². The Morgan fingerprint density at radius 1 is 1.47 bits per heavy atom. The SMILES string of the molecule is CC(C)C(C)(C)c1ncccc1C(=O)O. The summed E-state index contributed by atoms with van der Waals surface area (Å²) in [6.07, 6.45) is 1.64. The lowest BCUT2D eigenvalue weighted by Gasteiger charge is -2.29. The summed E-state index contributed by atoms with van der Waals surface area (Å²) in [4.78, 5) is 15.3. The molecule has 0 saturated heterocycles. The molecule has 1 rings (SSSR count). The van der Waals surface area contributed by atoms with Crippen LogP contribution in [0.4, 0.5) is 0 Å². The molecule has 0 unspecified atom stereocenters. The van der Waals surface area contributed by atoms with Crippen molar-refractivity contribution >= 4 is 5.97 Å². The normalized spacial score (nSPS) is 11.8. The number of carboxylic acid groups (broad SMARTS) is 1. The summed E-state index contributed by atoms with van der Waals surface area (Å²) in [6.45, 7) is 8.18. The predicted molar refractivity (Wildman–Crippen MR) is 59.1 cm³/mol. The van der Waals surface area contributed by atoms with Gasteiger partial charge in [-0.15, -0.1) is 0 Å². The minimum atomic E-state index is -0.910. The van der Waals surface area contributed by atoms with Gasteiger partial charge in [0.05, 0.1) is 11.3 Å². The van der Waals surface area contributed by atoms with Crippen LogP contribution >= 0.6 is 0 Å². The van der Waals surface area contributed by atoms with Gasteiger partial charge in [0.25, 0.3) is 0 Å². The first-order valence-electron chi connectivity index (χ1n) is 5.06. The van der Waals surface area contributed by atoms with E-state index in [0.29, 0.717) is 17.2 Å². The second-order valence-corrected chi connectivity index (χ2v) is 4.58. The van der Waals surface area contributed by atoms with Crippen molar-refractivity contribution in [3.63, 3.8) is 0 Å². The molecule has 1 heterocycles. The molecule has 0 saturated carbocycles. The van der Waals surface area contributed by atoms with Crippen LogP contribution in [0.15, 0.2) is 18.3 Å². The molecule has 0 aliphatic carbocycles. The Labute approximate surface area is 90.2 Å². The molecule has 0 amide bonds. The molecule has 1 N–H and O–H groups in total. The van der Waals surface area contributed by atoms with E-state index in [2.05, 4.69) is 18.8 Å². The van der Waals surface area contributed by atoms with Crippen LogP contribution in [-0.4, -0.2) is 16.1 Å². The van der Waals surface area contributed by atoms with Gasteiger partial charge in [-0.05, 0) is 18.1 Å². The van der Waals surface area contributed by atoms with Crippen LogP contribution in [0.2, 0.25) is 0 Å². The molecule has 0 aromatic carbocycles. The van der Waals surface area contributed by atoms with Gasteiger partial charge < -0.3 is 5.11 Å². The number of pyridine rings is 1. The van der Waals surface area contributed by atoms with Gasteiger partial charge in [0.2, 0.25) is 0 Å². The summed E-state index contributed by atoms with van der Waals surface area (Å²) >= 11 is 0. The number of nitrogens with zero attached hydrogens (tertiary/aromatic N) is 1. The van der Waals surface area contributed by atoms with Crippen molar-refractivity contribution in [1.82, 2.24) is 4.98 Å². The average Bonchev–Trinajstić information content (AvgIpc) is 2.17. The maximum Gasteiger partial charge on any atom is 0.337 e. The standard InChI is InChI=1S/C12H17NO2/c1-8(2)12(3,4)10-9(11(14)15)6-5-7-13-10/h5-8H,1-4H3,(H,14,15). The maximum absolute atomic E-state index is 11.1. The van der Waals surface area contributed by atoms with E-state index in [1.165, 1.54) is 0 Å². The van der Waals surface area contributed by atoms with Crippen LogP contribution in [0.1, 0.15) is 43.7 Å². The van der Waals surface area contributed by atoms with E-state index in [-0.39, 0.29) is 5.41 Å². The molecule has 0 atom stereocenters. The Kier molecular flexibility index (Phi) is 3.12. The topological polar surface area (TPSA) is 50.2 Å². The average molecular weight is 207 g/mol. The van der Waals surface area contributed by atoms with Gasteiger partial charge >= 0.3 is 5.97 Å². The highest BCUT2D eigenvalue weighted by Gasteiger charge is 2.30. The smallest absolute Gasteiger partial charge is 0.337 e. The lowest BCUT2D eigenvalue weighted by molar-refractivity contribution is 0.0692. The summed E-state index contributed by atoms with van der Waals surface area (Å²) in [5, 5.41) is 9.07. The largest absolute Gasteiger partial charge is 0.478 e. The number of carboxylic acids is 1. The van der Waals surface area contributed by atoms with Crippen LogP contribution in [0.25, 0.3) is 0 Å².